The van der Waals surface area contributed by atoms with Crippen LogP contribution in [0.2, 0.25) is 5.02 Å². The topological polar surface area (TPSA) is 49.7 Å². The summed E-state index contributed by atoms with van der Waals surface area (Å²) in [6.45, 7) is -0.319. The molecule has 3 nitrogen and oxygen atoms in total. The van der Waals surface area contributed by atoms with Gasteiger partial charge < -0.3 is 14.9 Å². The lowest BCUT2D eigenvalue weighted by Gasteiger charge is -2.12. The Morgan fingerprint density at radius 2 is 1.79 bits per heavy atom. The Labute approximate surface area is 117 Å². The average Bonchev–Trinajstić information content (AvgIpc) is 2.46. The van der Waals surface area contributed by atoms with Crippen molar-refractivity contribution >= 4 is 11.6 Å². The van der Waals surface area contributed by atoms with Gasteiger partial charge in [-0.2, -0.15) is 0 Å². The van der Waals surface area contributed by atoms with Crippen molar-refractivity contribution in [2.24, 2.45) is 0 Å². The van der Waals surface area contributed by atoms with Crippen LogP contribution in [0.1, 0.15) is 0 Å². The summed E-state index contributed by atoms with van der Waals surface area (Å²) in [4.78, 5) is 0. The summed E-state index contributed by atoms with van der Waals surface area (Å²) in [6.07, 6.45) is -0.898. The minimum Gasteiger partial charge on any atom is -0.489 e. The van der Waals surface area contributed by atoms with Gasteiger partial charge in [0.2, 0.25) is 0 Å². The van der Waals surface area contributed by atoms with Gasteiger partial charge in [-0.05, 0) is 23.3 Å². The molecule has 2 N–H and O–H groups in total. The van der Waals surface area contributed by atoms with E-state index in [2.05, 4.69) is 0 Å². The highest BCUT2D eigenvalue weighted by atomic mass is 35.5. The fourth-order valence-corrected chi connectivity index (χ4v) is 1.90. The lowest BCUT2D eigenvalue weighted by Crippen LogP contribution is -2.21. The van der Waals surface area contributed by atoms with Gasteiger partial charge in [-0.25, -0.2) is 0 Å². The fourth-order valence-electron chi connectivity index (χ4n) is 1.67. The standard InChI is InChI=1S/C15H15ClO3/c16-14-8-12(11-4-2-1-3-5-11)6-7-15(14)19-10-13(18)9-17/h1-8,13,17-18H,9-10H2. The molecule has 0 spiro atoms. The molecular formula is C15H15ClO3. The number of aliphatic hydroxyl groups excluding tert-OH is 2. The molecule has 0 amide bonds. The van der Waals surface area contributed by atoms with Crippen LogP contribution in [-0.2, 0) is 0 Å². The molecule has 2 aromatic carbocycles. The van der Waals surface area contributed by atoms with Gasteiger partial charge in [0.1, 0.15) is 18.5 Å². The van der Waals surface area contributed by atoms with Crippen LogP contribution in [0.3, 0.4) is 0 Å². The molecule has 0 saturated carbocycles. The minimum atomic E-state index is -0.898. The zero-order valence-electron chi connectivity index (χ0n) is 10.3. The van der Waals surface area contributed by atoms with Gasteiger partial charge in [-0.1, -0.05) is 48.0 Å². The number of hydrogen-bond donors (Lipinski definition) is 2. The maximum Gasteiger partial charge on any atom is 0.138 e. The molecule has 100 valence electrons. The Hall–Kier alpha value is -1.55. The third kappa shape index (κ3) is 3.70. The van der Waals surface area contributed by atoms with Crippen molar-refractivity contribution < 1.29 is 14.9 Å². The first-order valence-corrected chi connectivity index (χ1v) is 6.35. The van der Waals surface area contributed by atoms with E-state index in [0.717, 1.165) is 11.1 Å². The van der Waals surface area contributed by atoms with Gasteiger partial charge in [0, 0.05) is 0 Å². The summed E-state index contributed by atoms with van der Waals surface area (Å²) >= 11 is 6.14. The molecule has 0 heterocycles. The van der Waals surface area contributed by atoms with Crippen molar-refractivity contribution in [3.63, 3.8) is 0 Å². The van der Waals surface area contributed by atoms with Crippen molar-refractivity contribution in [1.29, 1.82) is 0 Å². The molecule has 4 heteroatoms. The number of ether oxygens (including phenoxy) is 1. The normalized spacial score (nSPS) is 12.2. The molecular weight excluding hydrogens is 264 g/mol. The smallest absolute Gasteiger partial charge is 0.138 e. The van der Waals surface area contributed by atoms with E-state index in [0.29, 0.717) is 10.8 Å². The number of aliphatic hydroxyl groups is 2. The van der Waals surface area contributed by atoms with Gasteiger partial charge in [0.15, 0.2) is 0 Å². The summed E-state index contributed by atoms with van der Waals surface area (Å²) in [5, 5.41) is 18.4. The Morgan fingerprint density at radius 1 is 1.05 bits per heavy atom. The molecule has 0 aliphatic heterocycles. The van der Waals surface area contributed by atoms with Crippen molar-refractivity contribution in [3.05, 3.63) is 53.6 Å². The van der Waals surface area contributed by atoms with Crippen LogP contribution in [0.4, 0.5) is 0 Å². The maximum absolute atomic E-state index is 9.22. The summed E-state index contributed by atoms with van der Waals surface area (Å²) in [5.74, 6) is 0.494. The largest absolute Gasteiger partial charge is 0.489 e. The lowest BCUT2D eigenvalue weighted by atomic mass is 10.1. The van der Waals surface area contributed by atoms with Gasteiger partial charge >= 0.3 is 0 Å². The second kappa shape index (κ2) is 6.57. The number of halogens is 1. The van der Waals surface area contributed by atoms with Gasteiger partial charge in [-0.3, -0.25) is 0 Å². The third-order valence-electron chi connectivity index (χ3n) is 2.68. The van der Waals surface area contributed by atoms with Crippen molar-refractivity contribution in [1.82, 2.24) is 0 Å². The highest BCUT2D eigenvalue weighted by Gasteiger charge is 2.07. The van der Waals surface area contributed by atoms with E-state index in [-0.39, 0.29) is 13.2 Å². The molecule has 0 radical (unpaired) electrons. The Morgan fingerprint density at radius 3 is 2.42 bits per heavy atom. The molecule has 0 aliphatic rings. The SMILES string of the molecule is OCC(O)COc1ccc(-c2ccccc2)cc1Cl. The summed E-state index contributed by atoms with van der Waals surface area (Å²) in [7, 11) is 0. The zero-order chi connectivity index (χ0) is 13.7. The predicted molar refractivity (Wildman–Crippen MR) is 75.5 cm³/mol. The Kier molecular flexibility index (Phi) is 4.80. The molecule has 2 rings (SSSR count). The van der Waals surface area contributed by atoms with Crippen LogP contribution in [-0.4, -0.2) is 29.5 Å². The van der Waals surface area contributed by atoms with E-state index in [1.807, 2.05) is 42.5 Å². The molecule has 19 heavy (non-hydrogen) atoms. The van der Waals surface area contributed by atoms with Gasteiger partial charge in [-0.15, -0.1) is 0 Å². The molecule has 1 unspecified atom stereocenters. The van der Waals surface area contributed by atoms with Crippen LogP contribution in [0, 0.1) is 0 Å². The first kappa shape index (κ1) is 13.9. The molecule has 0 bridgehead atoms. The second-order valence-electron chi connectivity index (χ2n) is 4.16. The first-order valence-electron chi connectivity index (χ1n) is 5.97. The summed E-state index contributed by atoms with van der Waals surface area (Å²) < 4.78 is 5.34. The maximum atomic E-state index is 9.22. The molecule has 2 aromatic rings. The van der Waals surface area contributed by atoms with Crippen molar-refractivity contribution in [3.8, 4) is 16.9 Å². The van der Waals surface area contributed by atoms with E-state index < -0.39 is 6.10 Å². The van der Waals surface area contributed by atoms with Crippen LogP contribution in [0.25, 0.3) is 11.1 Å². The Balaban J connectivity index is 2.13. The molecule has 0 fully saturated rings. The minimum absolute atomic E-state index is 0.0148. The third-order valence-corrected chi connectivity index (χ3v) is 2.98. The van der Waals surface area contributed by atoms with Crippen LogP contribution in [0.15, 0.2) is 48.5 Å². The van der Waals surface area contributed by atoms with E-state index in [9.17, 15) is 5.11 Å². The number of benzene rings is 2. The zero-order valence-corrected chi connectivity index (χ0v) is 11.0. The van der Waals surface area contributed by atoms with Gasteiger partial charge in [0.25, 0.3) is 0 Å². The monoisotopic (exact) mass is 278 g/mol. The summed E-state index contributed by atoms with van der Waals surface area (Å²) in [5.41, 5.74) is 2.08. The van der Waals surface area contributed by atoms with E-state index in [1.165, 1.54) is 0 Å². The van der Waals surface area contributed by atoms with Gasteiger partial charge in [0.05, 0.1) is 11.6 Å². The Bertz CT molecular complexity index is 528. The highest BCUT2D eigenvalue weighted by molar-refractivity contribution is 6.32. The van der Waals surface area contributed by atoms with E-state index >= 15 is 0 Å². The van der Waals surface area contributed by atoms with Crippen LogP contribution >= 0.6 is 11.6 Å². The first-order chi connectivity index (χ1) is 9.20. The summed E-state index contributed by atoms with van der Waals surface area (Å²) in [6, 6.07) is 15.4. The number of hydrogen-bond acceptors (Lipinski definition) is 3. The highest BCUT2D eigenvalue weighted by Crippen LogP contribution is 2.30. The van der Waals surface area contributed by atoms with Crippen LogP contribution in [0.5, 0.6) is 5.75 Å². The molecule has 0 saturated heterocycles. The van der Waals surface area contributed by atoms with Crippen LogP contribution < -0.4 is 4.74 Å². The molecule has 0 aliphatic carbocycles. The second-order valence-corrected chi connectivity index (χ2v) is 4.57. The fraction of sp³-hybridized carbons (Fsp3) is 0.200. The van der Waals surface area contributed by atoms with Crippen molar-refractivity contribution in [2.45, 2.75) is 6.10 Å². The number of rotatable bonds is 5. The van der Waals surface area contributed by atoms with E-state index in [4.69, 9.17) is 21.4 Å². The quantitative estimate of drug-likeness (QED) is 0.884. The average molecular weight is 279 g/mol. The van der Waals surface area contributed by atoms with Crippen molar-refractivity contribution in [2.75, 3.05) is 13.2 Å². The molecule has 0 aromatic heterocycles. The predicted octanol–water partition coefficient (Wildman–Crippen LogP) is 2.74. The van der Waals surface area contributed by atoms with E-state index in [1.54, 1.807) is 6.07 Å². The molecule has 1 atom stereocenters. The lowest BCUT2D eigenvalue weighted by molar-refractivity contribution is 0.0536.